The molecule has 2 heterocycles. The highest BCUT2D eigenvalue weighted by Crippen LogP contribution is 2.32. The number of nitrogens with zero attached hydrogens (tertiary/aromatic N) is 2. The molecule has 1 aromatic heterocycles. The fraction of sp³-hybridized carbons (Fsp3) is 0.250. The van der Waals surface area contributed by atoms with Gasteiger partial charge in [-0.2, -0.15) is 0 Å². The van der Waals surface area contributed by atoms with E-state index in [0.29, 0.717) is 38.7 Å². The maximum Gasteiger partial charge on any atom is 0.338 e. The number of rotatable bonds is 8. The van der Waals surface area contributed by atoms with Crippen LogP contribution in [0, 0.1) is 19.5 Å². The summed E-state index contributed by atoms with van der Waals surface area (Å²) >= 11 is 5.68. The minimum absolute atomic E-state index is 0.110. The van der Waals surface area contributed by atoms with E-state index in [1.54, 1.807) is 24.5 Å². The third kappa shape index (κ3) is 5.84. The summed E-state index contributed by atoms with van der Waals surface area (Å²) in [5.74, 6) is 3.30. The number of esters is 1. The van der Waals surface area contributed by atoms with Gasteiger partial charge in [-0.3, -0.25) is 9.36 Å². The smallest absolute Gasteiger partial charge is 0.338 e. The van der Waals surface area contributed by atoms with Gasteiger partial charge >= 0.3 is 5.97 Å². The number of benzene rings is 2. The number of hydrogen-bond acceptors (Lipinski definition) is 7. The van der Waals surface area contributed by atoms with Crippen molar-refractivity contribution in [3.05, 3.63) is 85.6 Å². The van der Waals surface area contributed by atoms with Crippen LogP contribution in [0.5, 0.6) is 11.5 Å². The highest BCUT2D eigenvalue weighted by molar-refractivity contribution is 14.1. The van der Waals surface area contributed by atoms with Gasteiger partial charge in [-0.25, -0.2) is 9.79 Å². The van der Waals surface area contributed by atoms with Crippen molar-refractivity contribution in [3.63, 3.8) is 0 Å². The van der Waals surface area contributed by atoms with E-state index in [0.717, 1.165) is 18.3 Å². The molecule has 4 rings (SSSR count). The van der Waals surface area contributed by atoms with Crippen molar-refractivity contribution in [2.75, 3.05) is 19.8 Å². The molecular weight excluding hydrogens is 730 g/mol. The molecule has 10 heteroatoms. The number of hydrogen-bond donors (Lipinski definition) is 0. The summed E-state index contributed by atoms with van der Waals surface area (Å²) in [6.45, 7) is 6.27. The zero-order valence-electron chi connectivity index (χ0n) is 20.9. The van der Waals surface area contributed by atoms with Gasteiger partial charge in [-0.1, -0.05) is 29.4 Å². The standard InChI is InChI=1S/C28H24I2N2O5S/c1-5-12-37-25-18(13-19(29)15-21(25)30)14-22-26(33)32-24(17-8-10-20(11-9-17)35-6-2)23(27(34)36-7-3)16(4)31-28(32)38-22/h1,8-11,13-15,24H,6-7,12H2,2-4H3/b22-14-/t24-/m1/s1. The largest absolute Gasteiger partial charge is 0.494 e. The lowest BCUT2D eigenvalue weighted by Gasteiger charge is -2.24. The first-order valence-corrected chi connectivity index (χ1v) is 14.7. The van der Waals surface area contributed by atoms with E-state index in [1.165, 1.54) is 11.3 Å². The summed E-state index contributed by atoms with van der Waals surface area (Å²) in [5, 5.41) is 0. The minimum Gasteiger partial charge on any atom is -0.494 e. The zero-order valence-corrected chi connectivity index (χ0v) is 26.0. The minimum atomic E-state index is -0.698. The van der Waals surface area contributed by atoms with Gasteiger partial charge in [0.25, 0.3) is 5.56 Å². The van der Waals surface area contributed by atoms with Crippen molar-refractivity contribution in [2.24, 2.45) is 4.99 Å². The summed E-state index contributed by atoms with van der Waals surface area (Å²) in [4.78, 5) is 32.1. The summed E-state index contributed by atoms with van der Waals surface area (Å²) in [6.07, 6.45) is 7.21. The van der Waals surface area contributed by atoms with E-state index < -0.39 is 12.0 Å². The molecule has 0 amide bonds. The number of halogens is 2. The molecule has 0 N–H and O–H groups in total. The van der Waals surface area contributed by atoms with Crippen LogP contribution in [0.25, 0.3) is 6.08 Å². The van der Waals surface area contributed by atoms with Crippen molar-refractivity contribution < 1.29 is 19.0 Å². The molecule has 0 saturated heterocycles. The first-order valence-electron chi connectivity index (χ1n) is 11.8. The third-order valence-electron chi connectivity index (χ3n) is 5.65. The van der Waals surface area contributed by atoms with E-state index in [1.807, 2.05) is 43.3 Å². The maximum atomic E-state index is 13.9. The van der Waals surface area contributed by atoms with Gasteiger partial charge in [0.1, 0.15) is 18.1 Å². The molecule has 1 aliphatic rings. The van der Waals surface area contributed by atoms with Gasteiger partial charge in [-0.05, 0) is 102 Å². The Morgan fingerprint density at radius 1 is 1.18 bits per heavy atom. The predicted molar refractivity (Wildman–Crippen MR) is 164 cm³/mol. The van der Waals surface area contributed by atoms with Crippen LogP contribution in [-0.2, 0) is 9.53 Å². The van der Waals surface area contributed by atoms with E-state index in [9.17, 15) is 9.59 Å². The van der Waals surface area contributed by atoms with Crippen molar-refractivity contribution in [1.82, 2.24) is 4.57 Å². The Morgan fingerprint density at radius 3 is 2.58 bits per heavy atom. The van der Waals surface area contributed by atoms with Gasteiger partial charge in [-0.15, -0.1) is 6.42 Å². The fourth-order valence-electron chi connectivity index (χ4n) is 4.11. The van der Waals surface area contributed by atoms with Gasteiger partial charge in [0.15, 0.2) is 4.80 Å². The van der Waals surface area contributed by atoms with Crippen LogP contribution in [0.3, 0.4) is 0 Å². The number of ether oxygens (including phenoxy) is 3. The second-order valence-electron chi connectivity index (χ2n) is 8.10. The highest BCUT2D eigenvalue weighted by Gasteiger charge is 2.33. The van der Waals surface area contributed by atoms with Crippen LogP contribution in [0.1, 0.15) is 37.9 Å². The average molecular weight is 754 g/mol. The molecule has 0 saturated carbocycles. The molecule has 7 nitrogen and oxygen atoms in total. The van der Waals surface area contributed by atoms with Gasteiger partial charge in [0.05, 0.1) is 38.6 Å². The molecule has 0 aliphatic carbocycles. The van der Waals surface area contributed by atoms with E-state index in [-0.39, 0.29) is 18.8 Å². The van der Waals surface area contributed by atoms with Crippen LogP contribution in [0.15, 0.2) is 57.5 Å². The molecule has 1 atom stereocenters. The predicted octanol–water partition coefficient (Wildman–Crippen LogP) is 4.42. The number of carbonyl (C=O) groups is 1. The molecule has 0 radical (unpaired) electrons. The topological polar surface area (TPSA) is 79.1 Å². The lowest BCUT2D eigenvalue weighted by molar-refractivity contribution is -0.139. The molecule has 0 bridgehead atoms. The Kier molecular flexibility index (Phi) is 9.32. The molecule has 196 valence electrons. The first kappa shape index (κ1) is 28.4. The molecule has 0 unspecified atom stereocenters. The van der Waals surface area contributed by atoms with E-state index in [4.69, 9.17) is 20.6 Å². The number of terminal acetylenes is 1. The monoisotopic (exact) mass is 754 g/mol. The normalized spacial score (nSPS) is 14.9. The third-order valence-corrected chi connectivity index (χ3v) is 8.05. The Morgan fingerprint density at radius 2 is 1.92 bits per heavy atom. The summed E-state index contributed by atoms with van der Waals surface area (Å²) < 4.78 is 20.7. The van der Waals surface area contributed by atoms with Crippen LogP contribution < -0.4 is 24.4 Å². The fourth-order valence-corrected chi connectivity index (χ4v) is 7.20. The first-order chi connectivity index (χ1) is 18.3. The van der Waals surface area contributed by atoms with Crippen LogP contribution >= 0.6 is 56.5 Å². The average Bonchev–Trinajstić information content (AvgIpc) is 3.17. The van der Waals surface area contributed by atoms with E-state index in [2.05, 4.69) is 56.1 Å². The Balaban J connectivity index is 1.94. The van der Waals surface area contributed by atoms with Crippen molar-refractivity contribution >= 4 is 68.6 Å². The Bertz CT molecular complexity index is 1630. The molecule has 38 heavy (non-hydrogen) atoms. The lowest BCUT2D eigenvalue weighted by atomic mass is 9.96. The molecule has 2 aromatic carbocycles. The summed E-state index contributed by atoms with van der Waals surface area (Å²) in [6, 6.07) is 10.6. The zero-order chi connectivity index (χ0) is 27.4. The van der Waals surface area contributed by atoms with Crippen LogP contribution in [0.2, 0.25) is 0 Å². The van der Waals surface area contributed by atoms with Gasteiger partial charge < -0.3 is 14.2 Å². The van der Waals surface area contributed by atoms with E-state index >= 15 is 0 Å². The Labute approximate surface area is 251 Å². The molecular formula is C28H24I2N2O5S. The maximum absolute atomic E-state index is 13.9. The number of carbonyl (C=O) groups excluding carboxylic acids is 1. The Hall–Kier alpha value is -2.63. The van der Waals surface area contributed by atoms with Gasteiger partial charge in [0.2, 0.25) is 0 Å². The SMILES string of the molecule is C#CCOc1c(I)cc(I)cc1/C=c1\sc2n(c1=O)[C@H](c1ccc(OCC)cc1)C(C(=O)OCC)=C(C)N=2. The number of aromatic nitrogens is 1. The van der Waals surface area contributed by atoms with Crippen molar-refractivity contribution in [3.8, 4) is 23.8 Å². The molecule has 0 spiro atoms. The number of allylic oxidation sites excluding steroid dienone is 1. The van der Waals surface area contributed by atoms with Crippen LogP contribution in [-0.4, -0.2) is 30.4 Å². The summed E-state index contributed by atoms with van der Waals surface area (Å²) in [7, 11) is 0. The van der Waals surface area contributed by atoms with Crippen LogP contribution in [0.4, 0.5) is 0 Å². The van der Waals surface area contributed by atoms with Gasteiger partial charge in [0, 0.05) is 9.13 Å². The van der Waals surface area contributed by atoms with Crippen molar-refractivity contribution in [2.45, 2.75) is 26.8 Å². The molecule has 0 fully saturated rings. The number of thiazole rings is 1. The highest BCUT2D eigenvalue weighted by atomic mass is 127. The second kappa shape index (κ2) is 12.5. The quantitative estimate of drug-likeness (QED) is 0.194. The van der Waals surface area contributed by atoms with Crippen molar-refractivity contribution in [1.29, 1.82) is 0 Å². The number of fused-ring (bicyclic) bond motifs is 1. The lowest BCUT2D eigenvalue weighted by Crippen LogP contribution is -2.39. The second-order valence-corrected chi connectivity index (χ2v) is 11.5. The molecule has 1 aliphatic heterocycles. The summed E-state index contributed by atoms with van der Waals surface area (Å²) in [5.41, 5.74) is 2.06. The molecule has 3 aromatic rings.